The minimum absolute atomic E-state index is 0.0979. The van der Waals surface area contributed by atoms with E-state index in [0.29, 0.717) is 12.0 Å². The molecular weight excluding hydrogens is 387 g/mol. The van der Waals surface area contributed by atoms with Gasteiger partial charge in [-0.25, -0.2) is 4.39 Å². The molecule has 158 valence electrons. The standard InChI is InChI=1S/C27H27FN2O/c1-20-7-9-21(10-8-20)19-29-13-15-30(16-14-29)27(23-5-3-2-4-6-23)18-22-17-24(28)11-12-25(22)26(27)31/h2-12,17H,13-16,18-19H2,1H3. The first-order chi connectivity index (χ1) is 15.1. The fourth-order valence-electron chi connectivity index (χ4n) is 5.13. The molecule has 0 N–H and O–H groups in total. The number of Topliss-reactive ketones (excluding diaryl/α,β-unsaturated/α-hetero) is 1. The third kappa shape index (κ3) is 3.60. The van der Waals surface area contributed by atoms with Gasteiger partial charge in [0.25, 0.3) is 0 Å². The Hall–Kier alpha value is -2.82. The summed E-state index contributed by atoms with van der Waals surface area (Å²) in [6, 6.07) is 23.3. The van der Waals surface area contributed by atoms with Crippen molar-refractivity contribution >= 4 is 5.78 Å². The molecule has 3 aromatic carbocycles. The Morgan fingerprint density at radius 2 is 1.61 bits per heavy atom. The lowest BCUT2D eigenvalue weighted by molar-refractivity contribution is 0.0288. The van der Waals surface area contributed by atoms with Gasteiger partial charge in [-0.05, 0) is 41.8 Å². The molecule has 31 heavy (non-hydrogen) atoms. The minimum atomic E-state index is -0.743. The van der Waals surface area contributed by atoms with E-state index in [9.17, 15) is 9.18 Å². The normalized spacial score (nSPS) is 21.9. The van der Waals surface area contributed by atoms with Crippen LogP contribution < -0.4 is 0 Å². The average molecular weight is 415 g/mol. The van der Waals surface area contributed by atoms with E-state index in [1.165, 1.54) is 23.3 Å². The number of hydrogen-bond donors (Lipinski definition) is 0. The van der Waals surface area contributed by atoms with E-state index in [4.69, 9.17) is 0 Å². The van der Waals surface area contributed by atoms with Crippen LogP contribution in [-0.2, 0) is 18.5 Å². The summed E-state index contributed by atoms with van der Waals surface area (Å²) in [4.78, 5) is 18.5. The summed E-state index contributed by atoms with van der Waals surface area (Å²) in [5.41, 5.74) is 4.32. The first-order valence-corrected chi connectivity index (χ1v) is 11.0. The van der Waals surface area contributed by atoms with Gasteiger partial charge in [0.1, 0.15) is 11.4 Å². The molecular formula is C27H27FN2O. The van der Waals surface area contributed by atoms with Gasteiger partial charge in [-0.3, -0.25) is 14.6 Å². The van der Waals surface area contributed by atoms with Gasteiger partial charge in [-0.15, -0.1) is 0 Å². The molecule has 3 aromatic rings. The summed E-state index contributed by atoms with van der Waals surface area (Å²) in [7, 11) is 0. The Morgan fingerprint density at radius 1 is 0.903 bits per heavy atom. The van der Waals surface area contributed by atoms with Crippen molar-refractivity contribution in [2.24, 2.45) is 0 Å². The van der Waals surface area contributed by atoms with E-state index in [0.717, 1.165) is 43.9 Å². The van der Waals surface area contributed by atoms with Gasteiger partial charge in [0, 0.05) is 44.7 Å². The minimum Gasteiger partial charge on any atom is -0.297 e. The average Bonchev–Trinajstić information content (AvgIpc) is 3.09. The maximum Gasteiger partial charge on any atom is 0.188 e. The second kappa shape index (κ2) is 8.03. The number of rotatable bonds is 4. The van der Waals surface area contributed by atoms with Crippen LogP contribution in [-0.4, -0.2) is 41.8 Å². The Balaban J connectivity index is 1.41. The molecule has 4 heteroatoms. The van der Waals surface area contributed by atoms with Crippen LogP contribution in [0.1, 0.15) is 32.6 Å². The van der Waals surface area contributed by atoms with Gasteiger partial charge in [0.05, 0.1) is 0 Å². The molecule has 0 spiro atoms. The van der Waals surface area contributed by atoms with Crippen LogP contribution in [0.4, 0.5) is 4.39 Å². The van der Waals surface area contributed by atoms with Crippen LogP contribution in [0, 0.1) is 12.7 Å². The summed E-state index contributed by atoms with van der Waals surface area (Å²) < 4.78 is 13.9. The smallest absolute Gasteiger partial charge is 0.188 e. The predicted molar refractivity (Wildman–Crippen MR) is 121 cm³/mol. The van der Waals surface area contributed by atoms with Crippen molar-refractivity contribution in [3.05, 3.63) is 106 Å². The lowest BCUT2D eigenvalue weighted by Gasteiger charge is -2.45. The van der Waals surface area contributed by atoms with E-state index >= 15 is 0 Å². The first-order valence-electron chi connectivity index (χ1n) is 11.0. The number of nitrogens with zero attached hydrogens (tertiary/aromatic N) is 2. The molecule has 0 bridgehead atoms. The molecule has 1 unspecified atom stereocenters. The Labute approximate surface area is 183 Å². The zero-order valence-electron chi connectivity index (χ0n) is 17.9. The highest BCUT2D eigenvalue weighted by Crippen LogP contribution is 2.43. The third-order valence-electron chi connectivity index (χ3n) is 6.82. The highest BCUT2D eigenvalue weighted by Gasteiger charge is 2.51. The van der Waals surface area contributed by atoms with Gasteiger partial charge in [0.15, 0.2) is 5.78 Å². The van der Waals surface area contributed by atoms with E-state index < -0.39 is 5.54 Å². The summed E-state index contributed by atoms with van der Waals surface area (Å²) in [6.07, 6.45) is 0.529. The van der Waals surface area contributed by atoms with Gasteiger partial charge >= 0.3 is 0 Å². The number of fused-ring (bicyclic) bond motifs is 1. The summed E-state index contributed by atoms with van der Waals surface area (Å²) in [6.45, 7) is 6.45. The molecule has 1 aliphatic heterocycles. The molecule has 1 fully saturated rings. The number of carbonyl (C=O) groups excluding carboxylic acids is 1. The molecule has 5 rings (SSSR count). The van der Waals surface area contributed by atoms with E-state index in [-0.39, 0.29) is 11.6 Å². The van der Waals surface area contributed by atoms with Gasteiger partial charge in [0.2, 0.25) is 0 Å². The quantitative estimate of drug-likeness (QED) is 0.624. The zero-order valence-corrected chi connectivity index (χ0v) is 17.9. The van der Waals surface area contributed by atoms with Crippen molar-refractivity contribution in [3.63, 3.8) is 0 Å². The Morgan fingerprint density at radius 3 is 2.32 bits per heavy atom. The highest BCUT2D eigenvalue weighted by molar-refractivity contribution is 6.08. The van der Waals surface area contributed by atoms with Crippen LogP contribution in [0.3, 0.4) is 0 Å². The van der Waals surface area contributed by atoms with Gasteiger partial charge < -0.3 is 0 Å². The van der Waals surface area contributed by atoms with Crippen LogP contribution in [0.5, 0.6) is 0 Å². The second-order valence-corrected chi connectivity index (χ2v) is 8.78. The van der Waals surface area contributed by atoms with E-state index in [1.807, 2.05) is 30.3 Å². The van der Waals surface area contributed by atoms with E-state index in [2.05, 4.69) is 41.0 Å². The molecule has 1 heterocycles. The molecule has 1 saturated heterocycles. The van der Waals surface area contributed by atoms with Gasteiger partial charge in [-0.1, -0.05) is 60.2 Å². The maximum atomic E-state index is 13.9. The van der Waals surface area contributed by atoms with Crippen molar-refractivity contribution < 1.29 is 9.18 Å². The van der Waals surface area contributed by atoms with Crippen molar-refractivity contribution in [3.8, 4) is 0 Å². The predicted octanol–water partition coefficient (Wildman–Crippen LogP) is 4.59. The molecule has 0 saturated carbocycles. The number of piperazine rings is 1. The third-order valence-corrected chi connectivity index (χ3v) is 6.82. The number of benzene rings is 3. The van der Waals surface area contributed by atoms with Gasteiger partial charge in [-0.2, -0.15) is 0 Å². The Bertz CT molecular complexity index is 1090. The molecule has 0 aromatic heterocycles. The highest BCUT2D eigenvalue weighted by atomic mass is 19.1. The topological polar surface area (TPSA) is 23.6 Å². The maximum absolute atomic E-state index is 13.9. The monoisotopic (exact) mass is 414 g/mol. The number of ketones is 1. The number of aryl methyl sites for hydroxylation is 1. The van der Waals surface area contributed by atoms with Crippen molar-refractivity contribution in [2.45, 2.75) is 25.4 Å². The second-order valence-electron chi connectivity index (χ2n) is 8.78. The summed E-state index contributed by atoms with van der Waals surface area (Å²) >= 11 is 0. The fourth-order valence-corrected chi connectivity index (χ4v) is 5.13. The number of halogens is 1. The molecule has 3 nitrogen and oxygen atoms in total. The van der Waals surface area contributed by atoms with Crippen molar-refractivity contribution in [1.29, 1.82) is 0 Å². The first kappa shape index (κ1) is 20.1. The lowest BCUT2D eigenvalue weighted by Crippen LogP contribution is -2.58. The summed E-state index contributed by atoms with van der Waals surface area (Å²) in [5, 5.41) is 0. The molecule has 1 atom stereocenters. The van der Waals surface area contributed by atoms with E-state index in [1.54, 1.807) is 6.07 Å². The largest absolute Gasteiger partial charge is 0.297 e. The fraction of sp³-hybridized carbons (Fsp3) is 0.296. The number of carbonyl (C=O) groups is 1. The van der Waals surface area contributed by atoms with Crippen LogP contribution in [0.15, 0.2) is 72.8 Å². The lowest BCUT2D eigenvalue weighted by atomic mass is 9.83. The van der Waals surface area contributed by atoms with Crippen molar-refractivity contribution in [2.75, 3.05) is 26.2 Å². The molecule has 0 radical (unpaired) electrons. The Kier molecular flexibility index (Phi) is 5.20. The molecule has 0 amide bonds. The number of hydrogen-bond acceptors (Lipinski definition) is 3. The zero-order chi connectivity index (χ0) is 21.4. The van der Waals surface area contributed by atoms with Crippen LogP contribution >= 0.6 is 0 Å². The van der Waals surface area contributed by atoms with Crippen LogP contribution in [0.25, 0.3) is 0 Å². The SMILES string of the molecule is Cc1ccc(CN2CCN(C3(c4ccccc4)Cc4cc(F)ccc4C3=O)CC2)cc1. The molecule has 1 aliphatic carbocycles. The van der Waals surface area contributed by atoms with Crippen molar-refractivity contribution in [1.82, 2.24) is 9.80 Å². The van der Waals surface area contributed by atoms with Crippen LogP contribution in [0.2, 0.25) is 0 Å². The molecule has 2 aliphatic rings. The summed E-state index contributed by atoms with van der Waals surface area (Å²) in [5.74, 6) is -0.181.